The van der Waals surface area contributed by atoms with E-state index < -0.39 is 0 Å². The summed E-state index contributed by atoms with van der Waals surface area (Å²) >= 11 is 6.75. The Labute approximate surface area is 119 Å². The van der Waals surface area contributed by atoms with Crippen molar-refractivity contribution < 1.29 is 9.90 Å². The van der Waals surface area contributed by atoms with E-state index in [-0.39, 0.29) is 11.7 Å². The number of carbonyl (C=O) groups excluding carboxylic acids is 1. The number of hydrogen-bond donors (Lipinski definition) is 2. The summed E-state index contributed by atoms with van der Waals surface area (Å²) in [4.78, 5) is 13.9. The first-order valence-electron chi connectivity index (χ1n) is 4.94. The molecule has 1 aromatic rings. The van der Waals surface area contributed by atoms with Crippen molar-refractivity contribution in [1.82, 2.24) is 4.90 Å². The van der Waals surface area contributed by atoms with Crippen LogP contribution in [0.1, 0.15) is 16.8 Å². The van der Waals surface area contributed by atoms with E-state index in [1.54, 1.807) is 19.2 Å². The van der Waals surface area contributed by atoms with Gasteiger partial charge in [-0.15, -0.1) is 0 Å². The summed E-state index contributed by atoms with van der Waals surface area (Å²) in [5, 5.41) is 9.53. The molecule has 3 N–H and O–H groups in total. The number of benzene rings is 1. The maximum Gasteiger partial charge on any atom is 0.253 e. The molecule has 0 bridgehead atoms. The molecule has 0 saturated heterocycles. The predicted molar refractivity (Wildman–Crippen MR) is 79.2 cm³/mol. The smallest absolute Gasteiger partial charge is 0.253 e. The second-order valence-electron chi connectivity index (χ2n) is 3.61. The van der Waals surface area contributed by atoms with Crippen LogP contribution in [0, 0.1) is 3.57 Å². The third-order valence-corrected chi connectivity index (χ3v) is 3.35. The van der Waals surface area contributed by atoms with Crippen molar-refractivity contribution in [2.24, 2.45) is 5.73 Å². The summed E-state index contributed by atoms with van der Waals surface area (Å²) in [6.45, 7) is 0.473. The molecule has 1 amide bonds. The molecule has 0 aliphatic carbocycles. The maximum atomic E-state index is 11.9. The van der Waals surface area contributed by atoms with Crippen LogP contribution in [0.25, 0.3) is 0 Å². The predicted octanol–water partition coefficient (Wildman–Crippen LogP) is 1.75. The number of nitrogens with two attached hydrogens (primary N) is 1. The largest absolute Gasteiger partial charge is 0.507 e. The fourth-order valence-corrected chi connectivity index (χ4v) is 1.67. The van der Waals surface area contributed by atoms with Crippen LogP contribution in [0.2, 0.25) is 0 Å². The van der Waals surface area contributed by atoms with Gasteiger partial charge in [-0.25, -0.2) is 0 Å². The molecule has 0 fully saturated rings. The van der Waals surface area contributed by atoms with Crippen LogP contribution < -0.4 is 5.73 Å². The van der Waals surface area contributed by atoms with Crippen LogP contribution in [0.4, 0.5) is 0 Å². The van der Waals surface area contributed by atoms with E-state index in [9.17, 15) is 9.90 Å². The summed E-state index contributed by atoms with van der Waals surface area (Å²) in [6.07, 6.45) is 0.494. The minimum absolute atomic E-state index is 0.110. The highest BCUT2D eigenvalue weighted by molar-refractivity contribution is 14.1. The van der Waals surface area contributed by atoms with Crippen molar-refractivity contribution in [1.29, 1.82) is 0 Å². The Kier molecular flexibility index (Phi) is 5.13. The van der Waals surface area contributed by atoms with Crippen molar-refractivity contribution >= 4 is 45.7 Å². The molecular formula is C11H13IN2O2S. The van der Waals surface area contributed by atoms with Gasteiger partial charge in [-0.3, -0.25) is 4.79 Å². The second-order valence-corrected chi connectivity index (χ2v) is 5.30. The van der Waals surface area contributed by atoms with Gasteiger partial charge >= 0.3 is 0 Å². The van der Waals surface area contributed by atoms with Gasteiger partial charge in [0.25, 0.3) is 5.91 Å². The van der Waals surface area contributed by atoms with Crippen molar-refractivity contribution in [3.05, 3.63) is 27.3 Å². The number of nitrogens with zero attached hydrogens (tertiary/aromatic N) is 1. The molecule has 17 heavy (non-hydrogen) atoms. The molecule has 4 nitrogen and oxygen atoms in total. The number of rotatable bonds is 4. The van der Waals surface area contributed by atoms with Crippen LogP contribution in [-0.2, 0) is 0 Å². The number of carbonyl (C=O) groups is 1. The van der Waals surface area contributed by atoms with Gasteiger partial charge in [0.1, 0.15) is 5.75 Å². The summed E-state index contributed by atoms with van der Waals surface area (Å²) in [6, 6.07) is 4.84. The van der Waals surface area contributed by atoms with Gasteiger partial charge in [0, 0.05) is 25.6 Å². The summed E-state index contributed by atoms with van der Waals surface area (Å²) in [7, 11) is 1.68. The highest BCUT2D eigenvalue weighted by Gasteiger charge is 2.13. The van der Waals surface area contributed by atoms with Crippen molar-refractivity contribution in [2.45, 2.75) is 6.42 Å². The molecule has 92 valence electrons. The topological polar surface area (TPSA) is 66.6 Å². The Hall–Kier alpha value is -0.890. The number of phenolic OH excluding ortho intramolecular Hbond substituents is 1. The summed E-state index contributed by atoms with van der Waals surface area (Å²) in [5.74, 6) is -0.0489. The fourth-order valence-electron chi connectivity index (χ4n) is 1.25. The zero-order chi connectivity index (χ0) is 13.0. The lowest BCUT2D eigenvalue weighted by Crippen LogP contribution is -2.30. The first-order valence-corrected chi connectivity index (χ1v) is 6.43. The molecule has 0 heterocycles. The van der Waals surface area contributed by atoms with E-state index in [4.69, 9.17) is 18.0 Å². The quantitative estimate of drug-likeness (QED) is 0.631. The van der Waals surface area contributed by atoms with Gasteiger partial charge in [-0.1, -0.05) is 12.2 Å². The third kappa shape index (κ3) is 4.12. The Morgan fingerprint density at radius 3 is 2.76 bits per heavy atom. The number of halogens is 1. The van der Waals surface area contributed by atoms with Crippen LogP contribution >= 0.6 is 34.8 Å². The standard InChI is InChI=1S/C11H13IN2O2S/c1-14(5-4-10(13)17)11(16)7-2-3-8(12)9(15)6-7/h2-3,6,15H,4-5H2,1H3,(H2,13,17). The van der Waals surface area contributed by atoms with E-state index in [1.807, 2.05) is 22.6 Å². The number of amides is 1. The average Bonchev–Trinajstić information content (AvgIpc) is 2.28. The Morgan fingerprint density at radius 1 is 1.59 bits per heavy atom. The van der Waals surface area contributed by atoms with Gasteiger partial charge in [-0.2, -0.15) is 0 Å². The summed E-state index contributed by atoms with van der Waals surface area (Å²) in [5.41, 5.74) is 5.83. The van der Waals surface area contributed by atoms with Crippen LogP contribution in [0.3, 0.4) is 0 Å². The molecule has 0 aliphatic heterocycles. The van der Waals surface area contributed by atoms with E-state index >= 15 is 0 Å². The van der Waals surface area contributed by atoms with Crippen molar-refractivity contribution in [3.8, 4) is 5.75 Å². The SMILES string of the molecule is CN(CCC(N)=S)C(=O)c1ccc(I)c(O)c1. The lowest BCUT2D eigenvalue weighted by atomic mass is 10.2. The minimum atomic E-state index is -0.159. The molecular weight excluding hydrogens is 351 g/mol. The van der Waals surface area contributed by atoms with Crippen molar-refractivity contribution in [2.75, 3.05) is 13.6 Å². The molecule has 0 atom stereocenters. The van der Waals surface area contributed by atoms with E-state index in [2.05, 4.69) is 0 Å². The number of thiocarbonyl (C=S) groups is 1. The van der Waals surface area contributed by atoms with Gasteiger partial charge in [0.05, 0.1) is 8.56 Å². The molecule has 0 aliphatic rings. The van der Waals surface area contributed by atoms with E-state index in [1.165, 1.54) is 11.0 Å². The third-order valence-electron chi connectivity index (χ3n) is 2.23. The Bertz CT molecular complexity index is 451. The lowest BCUT2D eigenvalue weighted by molar-refractivity contribution is 0.0798. The molecule has 0 aromatic heterocycles. The Morgan fingerprint density at radius 2 is 2.24 bits per heavy atom. The van der Waals surface area contributed by atoms with Crippen molar-refractivity contribution in [3.63, 3.8) is 0 Å². The van der Waals surface area contributed by atoms with Gasteiger partial charge in [0.15, 0.2) is 0 Å². The molecule has 6 heteroatoms. The van der Waals surface area contributed by atoms with Gasteiger partial charge < -0.3 is 15.7 Å². The molecule has 0 unspecified atom stereocenters. The number of hydrogen-bond acceptors (Lipinski definition) is 3. The zero-order valence-corrected chi connectivity index (χ0v) is 12.3. The molecule has 0 saturated carbocycles. The lowest BCUT2D eigenvalue weighted by Gasteiger charge is -2.17. The van der Waals surface area contributed by atoms with Gasteiger partial charge in [-0.05, 0) is 40.8 Å². The van der Waals surface area contributed by atoms with Crippen LogP contribution in [0.15, 0.2) is 18.2 Å². The molecule has 0 spiro atoms. The highest BCUT2D eigenvalue weighted by Crippen LogP contribution is 2.21. The maximum absolute atomic E-state index is 11.9. The van der Waals surface area contributed by atoms with Crippen LogP contribution in [0.5, 0.6) is 5.75 Å². The molecule has 1 rings (SSSR count). The number of aromatic hydroxyl groups is 1. The first kappa shape index (κ1) is 14.2. The fraction of sp³-hybridized carbons (Fsp3) is 0.273. The highest BCUT2D eigenvalue weighted by atomic mass is 127. The minimum Gasteiger partial charge on any atom is -0.507 e. The first-order chi connectivity index (χ1) is 7.91. The van der Waals surface area contributed by atoms with E-state index in [0.717, 1.165) is 0 Å². The monoisotopic (exact) mass is 364 g/mol. The normalized spacial score (nSPS) is 10.0. The number of phenols is 1. The molecule has 1 aromatic carbocycles. The Balaban J connectivity index is 2.74. The molecule has 0 radical (unpaired) electrons. The average molecular weight is 364 g/mol. The second kappa shape index (κ2) is 6.15. The van der Waals surface area contributed by atoms with Gasteiger partial charge in [0.2, 0.25) is 0 Å². The van der Waals surface area contributed by atoms with E-state index in [0.29, 0.717) is 27.1 Å². The summed E-state index contributed by atoms with van der Waals surface area (Å²) < 4.78 is 0.713. The van der Waals surface area contributed by atoms with Crippen LogP contribution in [-0.4, -0.2) is 34.5 Å². The zero-order valence-electron chi connectivity index (χ0n) is 9.31.